The van der Waals surface area contributed by atoms with Gasteiger partial charge in [0.15, 0.2) is 0 Å². The summed E-state index contributed by atoms with van der Waals surface area (Å²) in [5, 5.41) is 7.22. The SMILES string of the molecule is CNC1CCCCC1NCCCN1CCCC1. The van der Waals surface area contributed by atoms with Crippen molar-refractivity contribution in [1.82, 2.24) is 15.5 Å². The van der Waals surface area contributed by atoms with Crippen LogP contribution >= 0.6 is 0 Å². The molecule has 1 aliphatic heterocycles. The molecule has 17 heavy (non-hydrogen) atoms. The van der Waals surface area contributed by atoms with Crippen LogP contribution < -0.4 is 10.6 Å². The fourth-order valence-corrected chi connectivity index (χ4v) is 3.32. The van der Waals surface area contributed by atoms with Crippen LogP contribution in [0.1, 0.15) is 44.9 Å². The maximum atomic E-state index is 3.76. The molecule has 2 N–H and O–H groups in total. The highest BCUT2D eigenvalue weighted by Gasteiger charge is 2.22. The van der Waals surface area contributed by atoms with Crippen molar-refractivity contribution in [1.29, 1.82) is 0 Å². The fourth-order valence-electron chi connectivity index (χ4n) is 3.32. The van der Waals surface area contributed by atoms with Crippen LogP contribution in [0.2, 0.25) is 0 Å². The summed E-state index contributed by atoms with van der Waals surface area (Å²) in [6, 6.07) is 1.42. The Morgan fingerprint density at radius 3 is 2.41 bits per heavy atom. The number of likely N-dealkylation sites (tertiary alicyclic amines) is 1. The molecule has 3 nitrogen and oxygen atoms in total. The molecule has 1 aliphatic carbocycles. The lowest BCUT2D eigenvalue weighted by Crippen LogP contribution is -2.49. The minimum atomic E-state index is 0.704. The van der Waals surface area contributed by atoms with E-state index in [4.69, 9.17) is 0 Å². The molecule has 0 aromatic heterocycles. The Bertz CT molecular complexity index is 202. The summed E-state index contributed by atoms with van der Waals surface area (Å²) in [6.45, 7) is 5.16. The van der Waals surface area contributed by atoms with Gasteiger partial charge in [0.1, 0.15) is 0 Å². The van der Waals surface area contributed by atoms with Crippen molar-refractivity contribution in [2.75, 3.05) is 33.2 Å². The van der Waals surface area contributed by atoms with E-state index in [9.17, 15) is 0 Å². The molecule has 0 aromatic rings. The number of hydrogen-bond acceptors (Lipinski definition) is 3. The molecule has 3 heteroatoms. The highest BCUT2D eigenvalue weighted by Crippen LogP contribution is 2.18. The van der Waals surface area contributed by atoms with Crippen molar-refractivity contribution in [3.8, 4) is 0 Å². The van der Waals surface area contributed by atoms with Crippen LogP contribution in [-0.2, 0) is 0 Å². The van der Waals surface area contributed by atoms with E-state index >= 15 is 0 Å². The second-order valence-corrected chi connectivity index (χ2v) is 5.64. The Hall–Kier alpha value is -0.120. The van der Waals surface area contributed by atoms with E-state index in [0.717, 1.165) is 0 Å². The van der Waals surface area contributed by atoms with E-state index in [1.165, 1.54) is 71.1 Å². The number of likely N-dealkylation sites (N-methyl/N-ethyl adjacent to an activating group) is 1. The maximum Gasteiger partial charge on any atom is 0.0221 e. The first-order chi connectivity index (χ1) is 8.40. The third-order valence-corrected chi connectivity index (χ3v) is 4.39. The van der Waals surface area contributed by atoms with Gasteiger partial charge in [0.2, 0.25) is 0 Å². The highest BCUT2D eigenvalue weighted by atomic mass is 15.1. The van der Waals surface area contributed by atoms with Crippen LogP contribution in [0.25, 0.3) is 0 Å². The van der Waals surface area contributed by atoms with Gasteiger partial charge in [-0.3, -0.25) is 0 Å². The fraction of sp³-hybridized carbons (Fsp3) is 1.00. The van der Waals surface area contributed by atoms with Crippen molar-refractivity contribution in [3.05, 3.63) is 0 Å². The molecule has 2 fully saturated rings. The zero-order chi connectivity index (χ0) is 11.9. The molecule has 0 aromatic carbocycles. The average Bonchev–Trinajstić information content (AvgIpc) is 2.88. The van der Waals surface area contributed by atoms with Gasteiger partial charge in [-0.1, -0.05) is 12.8 Å². The molecule has 0 spiro atoms. The number of rotatable bonds is 6. The van der Waals surface area contributed by atoms with E-state index in [1.54, 1.807) is 0 Å². The van der Waals surface area contributed by atoms with Gasteiger partial charge in [-0.25, -0.2) is 0 Å². The smallest absolute Gasteiger partial charge is 0.0221 e. The first-order valence-electron chi connectivity index (χ1n) is 7.53. The molecule has 1 heterocycles. The van der Waals surface area contributed by atoms with Crippen molar-refractivity contribution < 1.29 is 0 Å². The normalized spacial score (nSPS) is 30.9. The van der Waals surface area contributed by atoms with Crippen molar-refractivity contribution in [2.24, 2.45) is 0 Å². The zero-order valence-electron chi connectivity index (χ0n) is 11.4. The average molecular weight is 239 g/mol. The molecule has 0 bridgehead atoms. The summed E-state index contributed by atoms with van der Waals surface area (Å²) in [7, 11) is 2.11. The summed E-state index contributed by atoms with van der Waals surface area (Å²) >= 11 is 0. The monoisotopic (exact) mass is 239 g/mol. The Kier molecular flexibility index (Phi) is 5.75. The Morgan fingerprint density at radius 1 is 1.00 bits per heavy atom. The minimum absolute atomic E-state index is 0.704. The molecule has 1 saturated carbocycles. The van der Waals surface area contributed by atoms with Gasteiger partial charge >= 0.3 is 0 Å². The first-order valence-corrected chi connectivity index (χ1v) is 7.53. The number of nitrogens with one attached hydrogen (secondary N) is 2. The zero-order valence-corrected chi connectivity index (χ0v) is 11.4. The Morgan fingerprint density at radius 2 is 1.71 bits per heavy atom. The number of hydrogen-bond donors (Lipinski definition) is 2. The second kappa shape index (κ2) is 7.34. The quantitative estimate of drug-likeness (QED) is 0.689. The van der Waals surface area contributed by atoms with Crippen LogP contribution in [0.4, 0.5) is 0 Å². The third-order valence-electron chi connectivity index (χ3n) is 4.39. The van der Waals surface area contributed by atoms with Crippen LogP contribution in [0.5, 0.6) is 0 Å². The molecule has 0 amide bonds. The van der Waals surface area contributed by atoms with E-state index < -0.39 is 0 Å². The maximum absolute atomic E-state index is 3.76. The van der Waals surface area contributed by atoms with Gasteiger partial charge in [-0.2, -0.15) is 0 Å². The Balaban J connectivity index is 1.56. The molecule has 1 saturated heterocycles. The van der Waals surface area contributed by atoms with E-state index in [0.29, 0.717) is 12.1 Å². The van der Waals surface area contributed by atoms with Gasteiger partial charge in [0.25, 0.3) is 0 Å². The predicted molar refractivity (Wildman–Crippen MR) is 73.4 cm³/mol. The van der Waals surface area contributed by atoms with Crippen LogP contribution in [0.3, 0.4) is 0 Å². The largest absolute Gasteiger partial charge is 0.315 e. The third kappa shape index (κ3) is 4.23. The van der Waals surface area contributed by atoms with Crippen molar-refractivity contribution in [2.45, 2.75) is 57.0 Å². The topological polar surface area (TPSA) is 27.3 Å². The summed E-state index contributed by atoms with van der Waals surface area (Å²) in [5.41, 5.74) is 0. The standard InChI is InChI=1S/C14H29N3/c1-15-13-7-2-3-8-14(13)16-9-6-12-17-10-4-5-11-17/h13-16H,2-12H2,1H3. The van der Waals surface area contributed by atoms with Gasteiger partial charge < -0.3 is 15.5 Å². The predicted octanol–water partition coefficient (Wildman–Crippen LogP) is 1.59. The molecule has 2 atom stereocenters. The minimum Gasteiger partial charge on any atom is -0.315 e. The van der Waals surface area contributed by atoms with E-state index in [-0.39, 0.29) is 0 Å². The summed E-state index contributed by atoms with van der Waals surface area (Å²) in [6.07, 6.45) is 9.65. The van der Waals surface area contributed by atoms with Crippen LogP contribution in [-0.4, -0.2) is 50.2 Å². The molecule has 0 radical (unpaired) electrons. The molecule has 2 unspecified atom stereocenters. The summed E-state index contributed by atoms with van der Waals surface area (Å²) < 4.78 is 0. The van der Waals surface area contributed by atoms with Gasteiger partial charge in [-0.05, 0) is 65.3 Å². The number of nitrogens with zero attached hydrogens (tertiary/aromatic N) is 1. The lowest BCUT2D eigenvalue weighted by Gasteiger charge is -2.32. The van der Waals surface area contributed by atoms with E-state index in [2.05, 4.69) is 22.6 Å². The van der Waals surface area contributed by atoms with Gasteiger partial charge in [0.05, 0.1) is 0 Å². The Labute approximate surface area is 106 Å². The van der Waals surface area contributed by atoms with E-state index in [1.807, 2.05) is 0 Å². The second-order valence-electron chi connectivity index (χ2n) is 5.64. The lowest BCUT2D eigenvalue weighted by atomic mass is 9.90. The van der Waals surface area contributed by atoms with Crippen molar-refractivity contribution >= 4 is 0 Å². The van der Waals surface area contributed by atoms with Crippen LogP contribution in [0, 0.1) is 0 Å². The molecule has 100 valence electrons. The van der Waals surface area contributed by atoms with Gasteiger partial charge in [0, 0.05) is 12.1 Å². The molecule has 2 rings (SSSR count). The summed E-state index contributed by atoms with van der Waals surface area (Å²) in [4.78, 5) is 2.61. The first kappa shape index (κ1) is 13.3. The summed E-state index contributed by atoms with van der Waals surface area (Å²) in [5.74, 6) is 0. The lowest BCUT2D eigenvalue weighted by molar-refractivity contribution is 0.282. The highest BCUT2D eigenvalue weighted by molar-refractivity contribution is 4.85. The van der Waals surface area contributed by atoms with Crippen LogP contribution in [0.15, 0.2) is 0 Å². The molecular weight excluding hydrogens is 210 g/mol. The molecule has 2 aliphatic rings. The molecular formula is C14H29N3. The van der Waals surface area contributed by atoms with Gasteiger partial charge in [-0.15, -0.1) is 0 Å². The van der Waals surface area contributed by atoms with Crippen molar-refractivity contribution in [3.63, 3.8) is 0 Å².